The Morgan fingerprint density at radius 3 is 2.10 bits per heavy atom. The summed E-state index contributed by atoms with van der Waals surface area (Å²) in [7, 11) is 1.63. The van der Waals surface area contributed by atoms with Crippen molar-refractivity contribution in [2.45, 2.75) is 0 Å². The largest absolute Gasteiger partial charge is 0.497 e. The Morgan fingerprint density at radius 2 is 1.70 bits per heavy atom. The van der Waals surface area contributed by atoms with Gasteiger partial charge in [-0.2, -0.15) is 0 Å². The van der Waals surface area contributed by atoms with Crippen LogP contribution >= 0.6 is 11.6 Å². The summed E-state index contributed by atoms with van der Waals surface area (Å²) in [4.78, 5) is 0. The van der Waals surface area contributed by atoms with Crippen LogP contribution in [0, 0.1) is 0 Å². The smallest absolute Gasteiger partial charge is 0.118 e. The van der Waals surface area contributed by atoms with Crippen LogP contribution in [0.25, 0.3) is 0 Å². The Kier molecular flexibility index (Phi) is 3.84. The van der Waals surface area contributed by atoms with E-state index in [1.165, 1.54) is 0 Å². The molecular formula is C7H9ClO2. The van der Waals surface area contributed by atoms with E-state index in [2.05, 4.69) is 0 Å². The molecule has 0 unspecified atom stereocenters. The van der Waals surface area contributed by atoms with E-state index in [9.17, 15) is 0 Å². The molecule has 0 fully saturated rings. The van der Waals surface area contributed by atoms with Crippen LogP contribution < -0.4 is 4.74 Å². The summed E-state index contributed by atoms with van der Waals surface area (Å²) < 4.78 is 4.91. The van der Waals surface area contributed by atoms with Gasteiger partial charge in [0.05, 0.1) is 7.11 Å². The van der Waals surface area contributed by atoms with Gasteiger partial charge in [0.15, 0.2) is 0 Å². The van der Waals surface area contributed by atoms with Crippen molar-refractivity contribution >= 4 is 11.6 Å². The molecule has 0 aliphatic carbocycles. The predicted octanol–water partition coefficient (Wildman–Crippen LogP) is 1.52. The van der Waals surface area contributed by atoms with Crippen molar-refractivity contribution in [1.29, 1.82) is 0 Å². The fourth-order valence-corrected chi connectivity index (χ4v) is 0.697. The molecule has 0 spiro atoms. The Bertz CT molecular complexity index is 183. The minimum atomic E-state index is 0. The highest BCUT2D eigenvalue weighted by molar-refractivity contribution is 6.30. The molecule has 0 saturated heterocycles. The maximum absolute atomic E-state index is 5.61. The summed E-state index contributed by atoms with van der Waals surface area (Å²) in [5, 5.41) is 0.732. The molecule has 0 aliphatic heterocycles. The summed E-state index contributed by atoms with van der Waals surface area (Å²) in [5.41, 5.74) is 0. The number of methoxy groups -OCH3 is 1. The highest BCUT2D eigenvalue weighted by atomic mass is 35.5. The third kappa shape index (κ3) is 2.25. The summed E-state index contributed by atoms with van der Waals surface area (Å²) in [6.45, 7) is 0. The van der Waals surface area contributed by atoms with E-state index in [1.54, 1.807) is 19.2 Å². The molecule has 0 radical (unpaired) electrons. The van der Waals surface area contributed by atoms with Crippen LogP contribution in [0.4, 0.5) is 0 Å². The third-order valence-electron chi connectivity index (χ3n) is 1.05. The molecule has 0 heterocycles. The zero-order valence-corrected chi connectivity index (χ0v) is 6.35. The van der Waals surface area contributed by atoms with Crippen LogP contribution in [0.1, 0.15) is 0 Å². The van der Waals surface area contributed by atoms with E-state index < -0.39 is 0 Å². The number of hydrogen-bond donors (Lipinski definition) is 0. The molecule has 1 aromatic rings. The molecule has 1 rings (SSSR count). The second-order valence-corrected chi connectivity index (χ2v) is 2.09. The van der Waals surface area contributed by atoms with Crippen molar-refractivity contribution in [3.63, 3.8) is 0 Å². The molecule has 1 aromatic carbocycles. The second kappa shape index (κ2) is 4.14. The second-order valence-electron chi connectivity index (χ2n) is 1.66. The third-order valence-corrected chi connectivity index (χ3v) is 1.30. The van der Waals surface area contributed by atoms with Gasteiger partial charge in [0.1, 0.15) is 5.75 Å². The van der Waals surface area contributed by atoms with Crippen molar-refractivity contribution in [2.24, 2.45) is 0 Å². The van der Waals surface area contributed by atoms with Crippen LogP contribution in [0.3, 0.4) is 0 Å². The van der Waals surface area contributed by atoms with E-state index >= 15 is 0 Å². The Hall–Kier alpha value is -0.730. The first kappa shape index (κ1) is 9.27. The predicted molar refractivity (Wildman–Crippen MR) is 41.6 cm³/mol. The number of hydrogen-bond acceptors (Lipinski definition) is 1. The molecule has 3 heteroatoms. The lowest BCUT2D eigenvalue weighted by molar-refractivity contribution is 0.415. The summed E-state index contributed by atoms with van der Waals surface area (Å²) in [5.74, 6) is 0.833. The summed E-state index contributed by atoms with van der Waals surface area (Å²) in [6.07, 6.45) is 0. The Morgan fingerprint density at radius 1 is 1.20 bits per heavy atom. The number of benzene rings is 1. The van der Waals surface area contributed by atoms with Gasteiger partial charge in [-0.1, -0.05) is 11.6 Å². The van der Waals surface area contributed by atoms with Gasteiger partial charge in [-0.3, -0.25) is 0 Å². The molecular weight excluding hydrogens is 152 g/mol. The normalized spacial score (nSPS) is 8.20. The number of halogens is 1. The lowest BCUT2D eigenvalue weighted by Gasteiger charge is -1.96. The molecule has 0 aromatic heterocycles. The summed E-state index contributed by atoms with van der Waals surface area (Å²) in [6, 6.07) is 7.23. The zero-order valence-electron chi connectivity index (χ0n) is 5.60. The topological polar surface area (TPSA) is 40.7 Å². The first-order valence-corrected chi connectivity index (χ1v) is 3.00. The lowest BCUT2D eigenvalue weighted by Crippen LogP contribution is -1.79. The SMILES string of the molecule is COc1ccc(Cl)cc1.O. The van der Waals surface area contributed by atoms with Gasteiger partial charge in [-0.05, 0) is 24.3 Å². The first-order chi connectivity index (χ1) is 4.33. The van der Waals surface area contributed by atoms with Gasteiger partial charge in [0.25, 0.3) is 0 Å². The van der Waals surface area contributed by atoms with Gasteiger partial charge in [0, 0.05) is 5.02 Å². The Balaban J connectivity index is 0.000000810. The van der Waals surface area contributed by atoms with Gasteiger partial charge >= 0.3 is 0 Å². The number of ether oxygens (including phenoxy) is 1. The van der Waals surface area contributed by atoms with E-state index in [0.29, 0.717) is 0 Å². The average molecular weight is 161 g/mol. The van der Waals surface area contributed by atoms with Gasteiger partial charge in [0.2, 0.25) is 0 Å². The van der Waals surface area contributed by atoms with Crippen molar-refractivity contribution < 1.29 is 10.2 Å². The van der Waals surface area contributed by atoms with Crippen LogP contribution in [0.15, 0.2) is 24.3 Å². The molecule has 0 saturated carbocycles. The van der Waals surface area contributed by atoms with Crippen molar-refractivity contribution in [1.82, 2.24) is 0 Å². The Labute approximate surface area is 64.7 Å². The molecule has 0 aliphatic rings. The number of rotatable bonds is 1. The van der Waals surface area contributed by atoms with Gasteiger partial charge in [-0.25, -0.2) is 0 Å². The van der Waals surface area contributed by atoms with Crippen molar-refractivity contribution in [3.05, 3.63) is 29.3 Å². The van der Waals surface area contributed by atoms with Crippen LogP contribution in [0.2, 0.25) is 5.02 Å². The fraction of sp³-hybridized carbons (Fsp3) is 0.143. The van der Waals surface area contributed by atoms with Gasteiger partial charge < -0.3 is 10.2 Å². The minimum Gasteiger partial charge on any atom is -0.497 e. The lowest BCUT2D eigenvalue weighted by atomic mass is 10.3. The summed E-state index contributed by atoms with van der Waals surface area (Å²) >= 11 is 5.61. The zero-order chi connectivity index (χ0) is 6.69. The minimum absolute atomic E-state index is 0. The molecule has 0 bridgehead atoms. The monoisotopic (exact) mass is 160 g/mol. The quantitative estimate of drug-likeness (QED) is 0.614. The fourth-order valence-electron chi connectivity index (χ4n) is 0.571. The van der Waals surface area contributed by atoms with E-state index in [-0.39, 0.29) is 5.48 Å². The standard InChI is InChI=1S/C7H7ClO.H2O/c1-9-7-4-2-6(8)3-5-7;/h2-5H,1H3;1H2. The van der Waals surface area contributed by atoms with Crippen LogP contribution in [0.5, 0.6) is 5.75 Å². The maximum Gasteiger partial charge on any atom is 0.118 e. The molecule has 0 amide bonds. The molecule has 0 atom stereocenters. The molecule has 56 valence electrons. The van der Waals surface area contributed by atoms with Crippen LogP contribution in [-0.4, -0.2) is 12.6 Å². The molecule has 2 nitrogen and oxygen atoms in total. The molecule has 2 N–H and O–H groups in total. The van der Waals surface area contributed by atoms with Crippen LogP contribution in [-0.2, 0) is 0 Å². The highest BCUT2D eigenvalue weighted by Gasteiger charge is 1.87. The van der Waals surface area contributed by atoms with E-state index in [1.807, 2.05) is 12.1 Å². The first-order valence-electron chi connectivity index (χ1n) is 2.62. The van der Waals surface area contributed by atoms with Crippen molar-refractivity contribution in [3.8, 4) is 5.75 Å². The molecule has 10 heavy (non-hydrogen) atoms. The maximum atomic E-state index is 5.61. The van der Waals surface area contributed by atoms with Crippen molar-refractivity contribution in [2.75, 3.05) is 7.11 Å². The van der Waals surface area contributed by atoms with E-state index in [0.717, 1.165) is 10.8 Å². The highest BCUT2D eigenvalue weighted by Crippen LogP contribution is 2.14. The average Bonchev–Trinajstić information content (AvgIpc) is 1.90. The van der Waals surface area contributed by atoms with E-state index in [4.69, 9.17) is 16.3 Å². The van der Waals surface area contributed by atoms with Gasteiger partial charge in [-0.15, -0.1) is 0 Å².